The summed E-state index contributed by atoms with van der Waals surface area (Å²) in [4.78, 5) is 2.43. The van der Waals surface area contributed by atoms with Crippen LogP contribution in [0.15, 0.2) is 28.7 Å². The number of hydrogen-bond acceptors (Lipinski definition) is 5. The molecule has 1 aromatic carbocycles. The van der Waals surface area contributed by atoms with Gasteiger partial charge in [0.15, 0.2) is 0 Å². The van der Waals surface area contributed by atoms with Crippen molar-refractivity contribution in [3.05, 3.63) is 41.6 Å². The molecule has 1 aliphatic heterocycles. The van der Waals surface area contributed by atoms with E-state index in [1.807, 2.05) is 6.07 Å². The molecule has 0 amide bonds. The number of aromatic nitrogens is 2. The second-order valence-electron chi connectivity index (χ2n) is 6.21. The molecule has 0 N–H and O–H groups in total. The second-order valence-corrected chi connectivity index (χ2v) is 6.21. The predicted octanol–water partition coefficient (Wildman–Crippen LogP) is 3.29. The van der Waals surface area contributed by atoms with E-state index in [0.717, 1.165) is 37.0 Å². The van der Waals surface area contributed by atoms with Crippen molar-refractivity contribution in [2.24, 2.45) is 0 Å². The first kappa shape index (κ1) is 13.8. The first-order valence-corrected chi connectivity index (χ1v) is 8.04. The third-order valence-electron chi connectivity index (χ3n) is 4.59. The number of nitrogens with zero attached hydrogens (tertiary/aromatic N) is 3. The number of likely N-dealkylation sites (tertiary alicyclic amines) is 1. The van der Waals surface area contributed by atoms with Crippen molar-refractivity contribution >= 4 is 0 Å². The van der Waals surface area contributed by atoms with Crippen LogP contribution in [-0.2, 0) is 6.54 Å². The molecule has 1 aromatic heterocycles. The summed E-state index contributed by atoms with van der Waals surface area (Å²) < 4.78 is 11.2. The highest BCUT2D eigenvalue weighted by atomic mass is 16.5. The largest absolute Gasteiger partial charge is 0.497 e. The maximum absolute atomic E-state index is 5.81. The van der Waals surface area contributed by atoms with Gasteiger partial charge >= 0.3 is 0 Å². The number of hydrogen-bond donors (Lipinski definition) is 0. The van der Waals surface area contributed by atoms with Crippen molar-refractivity contribution in [3.8, 4) is 5.75 Å². The molecule has 0 bridgehead atoms. The van der Waals surface area contributed by atoms with Gasteiger partial charge < -0.3 is 9.15 Å². The fourth-order valence-corrected chi connectivity index (χ4v) is 3.24. The quantitative estimate of drug-likeness (QED) is 0.848. The second kappa shape index (κ2) is 5.72. The van der Waals surface area contributed by atoms with Crippen LogP contribution >= 0.6 is 0 Å². The van der Waals surface area contributed by atoms with Gasteiger partial charge in [-0.3, -0.25) is 4.90 Å². The minimum atomic E-state index is 0.409. The van der Waals surface area contributed by atoms with Gasteiger partial charge in [-0.2, -0.15) is 0 Å². The van der Waals surface area contributed by atoms with Crippen LogP contribution in [0.1, 0.15) is 55.0 Å². The van der Waals surface area contributed by atoms with Gasteiger partial charge in [-0.05, 0) is 49.9 Å². The van der Waals surface area contributed by atoms with Crippen LogP contribution in [0.2, 0.25) is 0 Å². The normalized spacial score (nSPS) is 22.1. The summed E-state index contributed by atoms with van der Waals surface area (Å²) in [6.45, 7) is 1.81. The van der Waals surface area contributed by atoms with Crippen LogP contribution in [0.4, 0.5) is 0 Å². The molecule has 2 fully saturated rings. The Morgan fingerprint density at radius 1 is 1.27 bits per heavy atom. The topological polar surface area (TPSA) is 51.4 Å². The van der Waals surface area contributed by atoms with E-state index in [2.05, 4.69) is 33.3 Å². The molecular weight excluding hydrogens is 278 g/mol. The van der Waals surface area contributed by atoms with Crippen LogP contribution in [0, 0.1) is 0 Å². The average molecular weight is 299 g/mol. The fourth-order valence-electron chi connectivity index (χ4n) is 3.24. The molecule has 5 nitrogen and oxygen atoms in total. The average Bonchev–Trinajstić information content (AvgIpc) is 3.13. The smallest absolute Gasteiger partial charge is 0.230 e. The van der Waals surface area contributed by atoms with Gasteiger partial charge in [0.25, 0.3) is 0 Å². The maximum atomic E-state index is 5.81. The highest BCUT2D eigenvalue weighted by Gasteiger charge is 2.31. The zero-order valence-electron chi connectivity index (χ0n) is 12.9. The summed E-state index contributed by atoms with van der Waals surface area (Å²) in [7, 11) is 1.71. The molecule has 2 aliphatic rings. The van der Waals surface area contributed by atoms with E-state index in [0.29, 0.717) is 12.0 Å². The summed E-state index contributed by atoms with van der Waals surface area (Å²) in [5, 5.41) is 8.40. The summed E-state index contributed by atoms with van der Waals surface area (Å²) in [6.07, 6.45) is 4.75. The Morgan fingerprint density at radius 2 is 2.18 bits per heavy atom. The molecule has 1 saturated carbocycles. The summed E-state index contributed by atoms with van der Waals surface area (Å²) >= 11 is 0. The molecule has 2 heterocycles. The van der Waals surface area contributed by atoms with Crippen LogP contribution in [0.3, 0.4) is 0 Å². The molecule has 1 saturated heterocycles. The predicted molar refractivity (Wildman–Crippen MR) is 81.7 cm³/mol. The van der Waals surface area contributed by atoms with Crippen molar-refractivity contribution in [2.45, 2.75) is 44.2 Å². The SMILES string of the molecule is COc1cccc([C@H]2CCCN2Cc2nnc(C3CC3)o2)c1. The lowest BCUT2D eigenvalue weighted by atomic mass is 10.0. The molecule has 0 unspecified atom stereocenters. The van der Waals surface area contributed by atoms with E-state index in [9.17, 15) is 0 Å². The summed E-state index contributed by atoms with van der Waals surface area (Å²) in [6, 6.07) is 8.76. The molecule has 1 aliphatic carbocycles. The lowest BCUT2D eigenvalue weighted by Gasteiger charge is -2.23. The van der Waals surface area contributed by atoms with Crippen molar-refractivity contribution in [1.82, 2.24) is 15.1 Å². The molecule has 22 heavy (non-hydrogen) atoms. The van der Waals surface area contributed by atoms with Crippen LogP contribution < -0.4 is 4.74 Å². The minimum absolute atomic E-state index is 0.409. The molecule has 0 radical (unpaired) electrons. The molecule has 2 aromatic rings. The zero-order valence-corrected chi connectivity index (χ0v) is 12.9. The number of rotatable bonds is 5. The molecule has 116 valence electrons. The van der Waals surface area contributed by atoms with Gasteiger partial charge in [-0.1, -0.05) is 12.1 Å². The van der Waals surface area contributed by atoms with Crippen molar-refractivity contribution in [1.29, 1.82) is 0 Å². The first-order valence-electron chi connectivity index (χ1n) is 8.04. The van der Waals surface area contributed by atoms with E-state index >= 15 is 0 Å². The Labute approximate surface area is 130 Å². The Morgan fingerprint density at radius 3 is 3.00 bits per heavy atom. The van der Waals surface area contributed by atoms with Crippen molar-refractivity contribution in [2.75, 3.05) is 13.7 Å². The van der Waals surface area contributed by atoms with Crippen LogP contribution in [0.5, 0.6) is 5.75 Å². The van der Waals surface area contributed by atoms with E-state index in [1.165, 1.54) is 24.8 Å². The summed E-state index contributed by atoms with van der Waals surface area (Å²) in [5.41, 5.74) is 1.30. The van der Waals surface area contributed by atoms with E-state index in [4.69, 9.17) is 9.15 Å². The molecular formula is C17H21N3O2. The molecule has 1 atom stereocenters. The van der Waals surface area contributed by atoms with E-state index in [-0.39, 0.29) is 0 Å². The molecule has 0 spiro atoms. The standard InChI is InChI=1S/C17H21N3O2/c1-21-14-5-2-4-13(10-14)15-6-3-9-20(15)11-16-18-19-17(22-16)12-7-8-12/h2,4-5,10,12,15H,3,6-9,11H2,1H3/t15-/m1/s1. The lowest BCUT2D eigenvalue weighted by Crippen LogP contribution is -2.23. The summed E-state index contributed by atoms with van der Waals surface area (Å²) in [5.74, 6) is 3.01. The van der Waals surface area contributed by atoms with Crippen LogP contribution in [0.25, 0.3) is 0 Å². The zero-order chi connectivity index (χ0) is 14.9. The van der Waals surface area contributed by atoms with Crippen LogP contribution in [-0.4, -0.2) is 28.8 Å². The van der Waals surface area contributed by atoms with Gasteiger partial charge in [0.05, 0.1) is 13.7 Å². The van der Waals surface area contributed by atoms with E-state index in [1.54, 1.807) is 7.11 Å². The monoisotopic (exact) mass is 299 g/mol. The number of benzene rings is 1. The Hall–Kier alpha value is -1.88. The molecule has 5 heteroatoms. The molecule has 4 rings (SSSR count). The third-order valence-corrected chi connectivity index (χ3v) is 4.59. The maximum Gasteiger partial charge on any atom is 0.230 e. The van der Waals surface area contributed by atoms with Gasteiger partial charge in [-0.15, -0.1) is 10.2 Å². The first-order chi connectivity index (χ1) is 10.8. The Bertz CT molecular complexity index is 651. The third kappa shape index (κ3) is 2.73. The van der Waals surface area contributed by atoms with E-state index < -0.39 is 0 Å². The van der Waals surface area contributed by atoms with Gasteiger partial charge in [0.1, 0.15) is 5.75 Å². The minimum Gasteiger partial charge on any atom is -0.497 e. The Kier molecular flexibility index (Phi) is 3.58. The van der Waals surface area contributed by atoms with Crippen molar-refractivity contribution in [3.63, 3.8) is 0 Å². The van der Waals surface area contributed by atoms with Gasteiger partial charge in [0.2, 0.25) is 11.8 Å². The highest BCUT2D eigenvalue weighted by Crippen LogP contribution is 2.39. The number of methoxy groups -OCH3 is 1. The Balaban J connectivity index is 1.49. The van der Waals surface area contributed by atoms with Gasteiger partial charge in [-0.25, -0.2) is 0 Å². The fraction of sp³-hybridized carbons (Fsp3) is 0.529. The highest BCUT2D eigenvalue weighted by molar-refractivity contribution is 5.31. The number of ether oxygens (including phenoxy) is 1. The van der Waals surface area contributed by atoms with Crippen molar-refractivity contribution < 1.29 is 9.15 Å². The van der Waals surface area contributed by atoms with Gasteiger partial charge in [0, 0.05) is 12.0 Å². The lowest BCUT2D eigenvalue weighted by molar-refractivity contribution is 0.221.